The van der Waals surface area contributed by atoms with E-state index in [0.717, 1.165) is 6.08 Å². The third kappa shape index (κ3) is 6.10. The number of carbonyl (C=O) groups excluding carboxylic acids is 2. The van der Waals surface area contributed by atoms with Gasteiger partial charge in [-0.2, -0.15) is 21.6 Å². The number of allylic oxidation sites excluding steroid dienone is 1. The second-order valence-corrected chi connectivity index (χ2v) is 31.3. The molecule has 0 aromatic carbocycles. The number of hydrogen-bond acceptors (Lipinski definition) is 11. The highest BCUT2D eigenvalue weighted by atomic mass is 32.2. The zero-order valence-electron chi connectivity index (χ0n) is 35.2. The third-order valence-electron chi connectivity index (χ3n) is 15.3. The van der Waals surface area contributed by atoms with Gasteiger partial charge in [-0.15, -0.1) is 0 Å². The van der Waals surface area contributed by atoms with Crippen LogP contribution in [0.5, 0.6) is 0 Å². The molecule has 0 N–H and O–H groups in total. The summed E-state index contributed by atoms with van der Waals surface area (Å²) < 4.78 is 112. The van der Waals surface area contributed by atoms with Crippen LogP contribution in [-0.2, 0) is 51.7 Å². The molecule has 3 saturated carbocycles. The fourth-order valence-electron chi connectivity index (χ4n) is 10.4. The summed E-state index contributed by atoms with van der Waals surface area (Å²) in [5, 5.41) is -0.234. The van der Waals surface area contributed by atoms with Crippen LogP contribution < -0.4 is 0 Å². The van der Waals surface area contributed by atoms with E-state index in [4.69, 9.17) is 32.0 Å². The molecule has 320 valence electrons. The van der Waals surface area contributed by atoms with Crippen LogP contribution in [-0.4, -0.2) is 116 Å². The minimum atomic E-state index is -6.27. The van der Waals surface area contributed by atoms with Crippen LogP contribution >= 0.6 is 0 Å². The van der Waals surface area contributed by atoms with Crippen LogP contribution in [0.25, 0.3) is 0 Å². The van der Waals surface area contributed by atoms with Crippen molar-refractivity contribution in [3.05, 3.63) is 11.8 Å². The van der Waals surface area contributed by atoms with Gasteiger partial charge in [0.15, 0.2) is 22.4 Å². The van der Waals surface area contributed by atoms with E-state index in [1.54, 1.807) is 0 Å². The summed E-state index contributed by atoms with van der Waals surface area (Å²) in [7, 11) is -9.57. The highest BCUT2D eigenvalue weighted by Gasteiger charge is 2.97. The van der Waals surface area contributed by atoms with E-state index in [0.29, 0.717) is 19.3 Å². The molecule has 18 heteroatoms. The quantitative estimate of drug-likeness (QED) is 0.0795. The second kappa shape index (κ2) is 13.3. The van der Waals surface area contributed by atoms with Gasteiger partial charge in [-0.1, -0.05) is 48.5 Å². The van der Waals surface area contributed by atoms with E-state index < -0.39 is 83.6 Å². The van der Waals surface area contributed by atoms with E-state index in [9.17, 15) is 31.2 Å². The van der Waals surface area contributed by atoms with Crippen molar-refractivity contribution >= 4 is 38.4 Å². The van der Waals surface area contributed by atoms with Gasteiger partial charge >= 0.3 is 15.6 Å². The molecule has 0 bridgehead atoms. The SMILES string of the molecule is COCO[C@@H]1C[C@@]23CN(C(C)=O)CCO[C@@]2(C=C(OS(=O)(=O)C(F)(F)F)C3=O)[C@@]23C[C@H](O[Si](C)(C)C(C)(C)C)[C@@H]4C[C@@H](O[Si](C)(C)C(C)(C)C)CC[C@]4(C)[C@@]12O3. The summed E-state index contributed by atoms with van der Waals surface area (Å²) in [6, 6.07) is 0. The number of nitrogens with zero attached hydrogens (tertiary/aromatic N) is 1. The van der Waals surface area contributed by atoms with Crippen molar-refractivity contribution in [2.24, 2.45) is 16.7 Å². The average Bonchev–Trinajstić information content (AvgIpc) is 3.73. The molecule has 0 aromatic heterocycles. The zero-order valence-corrected chi connectivity index (χ0v) is 38.0. The second-order valence-electron chi connectivity index (χ2n) is 20.3. The van der Waals surface area contributed by atoms with Crippen LogP contribution in [0.4, 0.5) is 13.2 Å². The van der Waals surface area contributed by atoms with Gasteiger partial charge in [-0.05, 0) is 73.9 Å². The van der Waals surface area contributed by atoms with Gasteiger partial charge in [0.25, 0.3) is 0 Å². The van der Waals surface area contributed by atoms with Crippen molar-refractivity contribution in [2.45, 2.75) is 164 Å². The molecule has 1 amide bonds. The van der Waals surface area contributed by atoms with E-state index in [-0.39, 0.29) is 67.3 Å². The summed E-state index contributed by atoms with van der Waals surface area (Å²) >= 11 is 0. The maximum atomic E-state index is 14.9. The Morgan fingerprint density at radius 3 is 2.18 bits per heavy atom. The number of amides is 1. The predicted octanol–water partition coefficient (Wildman–Crippen LogP) is 6.81. The van der Waals surface area contributed by atoms with Crippen LogP contribution in [0.2, 0.25) is 36.3 Å². The monoisotopic (exact) mass is 853 g/mol. The van der Waals surface area contributed by atoms with Crippen molar-refractivity contribution in [1.29, 1.82) is 0 Å². The lowest BCUT2D eigenvalue weighted by Crippen LogP contribution is -2.76. The Bertz CT molecular complexity index is 1760. The lowest BCUT2D eigenvalue weighted by molar-refractivity contribution is -0.223. The summed E-state index contributed by atoms with van der Waals surface area (Å²) in [4.78, 5) is 29.4. The number of rotatable bonds is 9. The summed E-state index contributed by atoms with van der Waals surface area (Å²) in [5.41, 5.74) is -12.9. The molecular weight excluding hydrogens is 792 g/mol. The van der Waals surface area contributed by atoms with Gasteiger partial charge in [0.1, 0.15) is 23.6 Å². The highest BCUT2D eigenvalue weighted by Crippen LogP contribution is 2.82. The van der Waals surface area contributed by atoms with Gasteiger partial charge in [0.2, 0.25) is 11.7 Å². The summed E-state index contributed by atoms with van der Waals surface area (Å²) in [5.74, 6) is -2.57. The molecule has 56 heavy (non-hydrogen) atoms. The van der Waals surface area contributed by atoms with E-state index >= 15 is 0 Å². The number of ether oxygens (including phenoxy) is 4. The van der Waals surface area contributed by atoms with Crippen molar-refractivity contribution in [3.8, 4) is 0 Å². The molecule has 2 saturated heterocycles. The van der Waals surface area contributed by atoms with Crippen LogP contribution in [0.3, 0.4) is 0 Å². The molecule has 5 fully saturated rings. The topological polar surface area (TPSA) is 139 Å². The molecule has 9 atom stereocenters. The number of hydrogen-bond donors (Lipinski definition) is 0. The van der Waals surface area contributed by atoms with Crippen molar-refractivity contribution < 1.29 is 63.2 Å². The van der Waals surface area contributed by atoms with Crippen LogP contribution in [0.15, 0.2) is 11.8 Å². The maximum absolute atomic E-state index is 14.9. The smallest absolute Gasteiger partial charge is 0.414 e. The third-order valence-corrected chi connectivity index (χ3v) is 25.3. The Morgan fingerprint density at radius 2 is 1.62 bits per heavy atom. The number of alkyl halides is 3. The number of epoxide rings is 1. The van der Waals surface area contributed by atoms with Gasteiger partial charge in [0.05, 0.1) is 24.2 Å². The fraction of sp³-hybridized carbons (Fsp3) is 0.895. The largest absolute Gasteiger partial charge is 0.534 e. The molecule has 0 radical (unpaired) electrons. The van der Waals surface area contributed by atoms with E-state index in [1.165, 1.54) is 18.9 Å². The van der Waals surface area contributed by atoms with E-state index in [2.05, 4.69) is 74.7 Å². The van der Waals surface area contributed by atoms with Crippen molar-refractivity contribution in [1.82, 2.24) is 4.90 Å². The number of carbonyl (C=O) groups is 2. The Labute approximate surface area is 332 Å². The lowest BCUT2D eigenvalue weighted by Gasteiger charge is -2.63. The number of fused-ring (bicyclic) bond motifs is 1. The molecule has 0 unspecified atom stereocenters. The number of halogens is 3. The van der Waals surface area contributed by atoms with Crippen molar-refractivity contribution in [2.75, 3.05) is 33.6 Å². The Balaban J connectivity index is 1.58. The molecule has 0 aromatic rings. The minimum Gasteiger partial charge on any atom is -0.414 e. The van der Waals surface area contributed by atoms with Crippen molar-refractivity contribution in [3.63, 3.8) is 0 Å². The molecule has 4 aliphatic carbocycles. The standard InChI is InChI=1S/C38H62F3NO11SSi2/c1-24(43)42-16-17-49-35-20-28(50-54(45,46)38(39,40)41)30(44)34(35,22-42)21-29(48-23-47-9)37-33(8)15-14-25(51-55(10,11)31(2,3)4)18-26(33)27(19-36(35,37)53-37)52-56(12,13)32(5,6)7/h20,25-27,29H,14-19,21-23H2,1-13H3/t25-,26-,27-,29+,33-,34-,35+,36-,37-/m0/s1. The molecule has 2 heterocycles. The van der Waals surface area contributed by atoms with Crippen LogP contribution in [0, 0.1) is 16.7 Å². The zero-order chi connectivity index (χ0) is 42.1. The number of Topliss-reactive ketones (excluding diaryl/α,β-unsaturated/α-hetero) is 1. The Kier molecular flexibility index (Phi) is 10.5. The maximum Gasteiger partial charge on any atom is 0.534 e. The first-order valence-corrected chi connectivity index (χ1v) is 26.9. The predicted molar refractivity (Wildman–Crippen MR) is 205 cm³/mol. The first-order valence-electron chi connectivity index (χ1n) is 19.7. The molecule has 6 rings (SSSR count). The number of methoxy groups -OCH3 is 1. The number of ketones is 1. The highest BCUT2D eigenvalue weighted by molar-refractivity contribution is 7.87. The molecule has 12 nitrogen and oxygen atoms in total. The van der Waals surface area contributed by atoms with Gasteiger partial charge in [-0.3, -0.25) is 9.59 Å². The summed E-state index contributed by atoms with van der Waals surface area (Å²) in [6.07, 6.45) is 1.62. The van der Waals surface area contributed by atoms with Gasteiger partial charge < -0.3 is 36.9 Å². The average molecular weight is 854 g/mol. The molecule has 2 aliphatic heterocycles. The molecule has 0 spiro atoms. The Morgan fingerprint density at radius 1 is 1.02 bits per heavy atom. The first-order chi connectivity index (χ1) is 25.3. The summed E-state index contributed by atoms with van der Waals surface area (Å²) in [6.45, 7) is 24.9. The normalized spacial score (nSPS) is 39.0. The molecule has 6 aliphatic rings. The van der Waals surface area contributed by atoms with Gasteiger partial charge in [0, 0.05) is 45.1 Å². The molecular formula is C38H62F3NO11SSi2. The lowest BCUT2D eigenvalue weighted by atomic mass is 9.42. The minimum absolute atomic E-state index is 0.0267. The van der Waals surface area contributed by atoms with Crippen LogP contribution in [0.1, 0.15) is 87.5 Å². The fourth-order valence-corrected chi connectivity index (χ4v) is 13.7. The van der Waals surface area contributed by atoms with E-state index in [1.807, 2.05) is 0 Å². The Hall–Kier alpha value is -1.39. The first kappa shape index (κ1) is 44.2. The van der Waals surface area contributed by atoms with Gasteiger partial charge in [-0.25, -0.2) is 0 Å².